The highest BCUT2D eigenvalue weighted by Crippen LogP contribution is 2.31. The molecule has 0 unspecified atom stereocenters. The van der Waals surface area contributed by atoms with Gasteiger partial charge in [-0.25, -0.2) is 8.42 Å². The van der Waals surface area contributed by atoms with Gasteiger partial charge in [0.25, 0.3) is 0 Å². The highest BCUT2D eigenvalue weighted by atomic mass is 32.2. The molecule has 0 aromatic heterocycles. The molecule has 0 radical (unpaired) electrons. The maximum atomic E-state index is 12.9. The maximum Gasteiger partial charge on any atom is 0.243 e. The highest BCUT2D eigenvalue weighted by Gasteiger charge is 2.23. The molecular weight excluding hydrogens is 352 g/mol. The number of hydrogen-bond donors (Lipinski definition) is 0. The normalized spacial score (nSPS) is 11.2. The number of hydrogen-bond acceptors (Lipinski definition) is 5. The van der Waals surface area contributed by atoms with Crippen LogP contribution >= 0.6 is 0 Å². The van der Waals surface area contributed by atoms with Crippen LogP contribution in [0, 0.1) is 11.3 Å². The van der Waals surface area contributed by atoms with E-state index in [0.717, 1.165) is 5.56 Å². The Morgan fingerprint density at radius 2 is 1.62 bits per heavy atom. The van der Waals surface area contributed by atoms with E-state index >= 15 is 0 Å². The van der Waals surface area contributed by atoms with Crippen LogP contribution in [0.1, 0.15) is 25.0 Å². The highest BCUT2D eigenvalue weighted by molar-refractivity contribution is 7.89. The van der Waals surface area contributed by atoms with Crippen LogP contribution in [0.15, 0.2) is 47.4 Å². The van der Waals surface area contributed by atoms with E-state index in [1.54, 1.807) is 30.3 Å². The van der Waals surface area contributed by atoms with E-state index in [9.17, 15) is 8.42 Å². The molecule has 0 N–H and O–H groups in total. The molecule has 0 aliphatic rings. The monoisotopic (exact) mass is 374 g/mol. The standard InChI is InChI=1S/C19H22N2O4S/c1-4-24-18-11-10-17(12-19(18)25-5-2)26(22,23)21(3)14-16-8-6-15(13-20)7-9-16/h6-12H,4-5,14H2,1-3H3. The smallest absolute Gasteiger partial charge is 0.243 e. The van der Waals surface area contributed by atoms with Gasteiger partial charge in [-0.15, -0.1) is 0 Å². The van der Waals surface area contributed by atoms with E-state index in [2.05, 4.69) is 0 Å². The van der Waals surface area contributed by atoms with Crippen LogP contribution < -0.4 is 9.47 Å². The summed E-state index contributed by atoms with van der Waals surface area (Å²) >= 11 is 0. The molecule has 0 fully saturated rings. The second-order valence-electron chi connectivity index (χ2n) is 5.54. The van der Waals surface area contributed by atoms with Crippen molar-refractivity contribution >= 4 is 10.0 Å². The molecule has 7 heteroatoms. The lowest BCUT2D eigenvalue weighted by Crippen LogP contribution is -2.26. The minimum absolute atomic E-state index is 0.139. The Balaban J connectivity index is 2.27. The Kier molecular flexibility index (Phi) is 6.61. The molecule has 2 rings (SSSR count). The molecule has 0 aliphatic carbocycles. The van der Waals surface area contributed by atoms with E-state index < -0.39 is 10.0 Å². The first-order chi connectivity index (χ1) is 12.4. The zero-order valence-corrected chi connectivity index (χ0v) is 15.9. The Bertz CT molecular complexity index is 887. The third kappa shape index (κ3) is 4.54. The molecule has 0 bridgehead atoms. The van der Waals surface area contributed by atoms with Crippen molar-refractivity contribution in [3.8, 4) is 17.6 Å². The van der Waals surface area contributed by atoms with Gasteiger partial charge in [-0.05, 0) is 43.7 Å². The lowest BCUT2D eigenvalue weighted by molar-refractivity contribution is 0.287. The summed E-state index contributed by atoms with van der Waals surface area (Å²) in [4.78, 5) is 0.139. The summed E-state index contributed by atoms with van der Waals surface area (Å²) in [7, 11) is -2.17. The quantitative estimate of drug-likeness (QED) is 0.709. The van der Waals surface area contributed by atoms with Gasteiger partial charge in [0.2, 0.25) is 10.0 Å². The molecule has 0 saturated heterocycles. The average molecular weight is 374 g/mol. The molecule has 26 heavy (non-hydrogen) atoms. The molecule has 2 aromatic rings. The summed E-state index contributed by atoms with van der Waals surface area (Å²) in [6.45, 7) is 4.75. The van der Waals surface area contributed by atoms with E-state index in [1.165, 1.54) is 23.5 Å². The van der Waals surface area contributed by atoms with Gasteiger partial charge in [-0.1, -0.05) is 12.1 Å². The SMILES string of the molecule is CCOc1ccc(S(=O)(=O)N(C)Cc2ccc(C#N)cc2)cc1OCC. The van der Waals surface area contributed by atoms with Gasteiger partial charge in [0.15, 0.2) is 11.5 Å². The third-order valence-corrected chi connectivity index (χ3v) is 5.51. The van der Waals surface area contributed by atoms with Crippen molar-refractivity contribution in [2.45, 2.75) is 25.3 Å². The zero-order valence-electron chi connectivity index (χ0n) is 15.1. The minimum Gasteiger partial charge on any atom is -0.490 e. The van der Waals surface area contributed by atoms with Crippen LogP contribution in [0.2, 0.25) is 0 Å². The molecule has 138 valence electrons. The van der Waals surface area contributed by atoms with Crippen molar-refractivity contribution in [3.63, 3.8) is 0 Å². The summed E-state index contributed by atoms with van der Waals surface area (Å²) in [5.74, 6) is 0.922. The minimum atomic E-state index is -3.69. The van der Waals surface area contributed by atoms with Crippen LogP contribution in [-0.4, -0.2) is 33.0 Å². The van der Waals surface area contributed by atoms with E-state index in [-0.39, 0.29) is 11.4 Å². The van der Waals surface area contributed by atoms with Crippen molar-refractivity contribution in [2.75, 3.05) is 20.3 Å². The Morgan fingerprint density at radius 1 is 1.00 bits per heavy atom. The lowest BCUT2D eigenvalue weighted by Gasteiger charge is -2.19. The Hall–Kier alpha value is -2.56. The van der Waals surface area contributed by atoms with Gasteiger partial charge >= 0.3 is 0 Å². The molecule has 0 amide bonds. The van der Waals surface area contributed by atoms with Gasteiger partial charge in [0.1, 0.15) is 0 Å². The maximum absolute atomic E-state index is 12.9. The molecular formula is C19H22N2O4S. The van der Waals surface area contributed by atoms with Gasteiger partial charge in [0.05, 0.1) is 29.7 Å². The number of benzene rings is 2. The fraction of sp³-hybridized carbons (Fsp3) is 0.316. The van der Waals surface area contributed by atoms with Crippen LogP contribution in [0.5, 0.6) is 11.5 Å². The predicted octanol–water partition coefficient (Wildman–Crippen LogP) is 3.18. The average Bonchev–Trinajstić information content (AvgIpc) is 2.64. The van der Waals surface area contributed by atoms with E-state index in [4.69, 9.17) is 14.7 Å². The number of sulfonamides is 1. The Morgan fingerprint density at radius 3 is 2.19 bits per heavy atom. The molecule has 6 nitrogen and oxygen atoms in total. The zero-order chi connectivity index (χ0) is 19.2. The first kappa shape index (κ1) is 19.8. The largest absolute Gasteiger partial charge is 0.490 e. The molecule has 0 spiro atoms. The van der Waals surface area contributed by atoms with Crippen LogP contribution in [0.3, 0.4) is 0 Å². The summed E-state index contributed by atoms with van der Waals surface area (Å²) in [6.07, 6.45) is 0. The van der Waals surface area contributed by atoms with Crippen molar-refractivity contribution in [1.29, 1.82) is 5.26 Å². The predicted molar refractivity (Wildman–Crippen MR) is 98.6 cm³/mol. The number of nitriles is 1. The fourth-order valence-corrected chi connectivity index (χ4v) is 3.57. The third-order valence-electron chi connectivity index (χ3n) is 3.71. The topological polar surface area (TPSA) is 79.6 Å². The van der Waals surface area contributed by atoms with E-state index in [0.29, 0.717) is 30.3 Å². The number of nitrogens with zero attached hydrogens (tertiary/aromatic N) is 2. The second-order valence-corrected chi connectivity index (χ2v) is 7.59. The van der Waals surface area contributed by atoms with Crippen molar-refractivity contribution in [3.05, 3.63) is 53.6 Å². The van der Waals surface area contributed by atoms with Gasteiger partial charge in [-0.2, -0.15) is 9.57 Å². The van der Waals surface area contributed by atoms with Crippen LogP contribution in [0.4, 0.5) is 0 Å². The second kappa shape index (κ2) is 8.70. The lowest BCUT2D eigenvalue weighted by atomic mass is 10.1. The van der Waals surface area contributed by atoms with Crippen molar-refractivity contribution < 1.29 is 17.9 Å². The molecule has 0 atom stereocenters. The Labute approximate surface area is 154 Å². The van der Waals surface area contributed by atoms with Crippen molar-refractivity contribution in [1.82, 2.24) is 4.31 Å². The van der Waals surface area contributed by atoms with Gasteiger partial charge in [0, 0.05) is 19.7 Å². The van der Waals surface area contributed by atoms with Gasteiger partial charge < -0.3 is 9.47 Å². The summed E-state index contributed by atoms with van der Waals surface area (Å²) < 4.78 is 38.0. The number of ether oxygens (including phenoxy) is 2. The summed E-state index contributed by atoms with van der Waals surface area (Å²) in [6, 6.07) is 13.5. The molecule has 0 heterocycles. The van der Waals surface area contributed by atoms with Crippen LogP contribution in [-0.2, 0) is 16.6 Å². The summed E-state index contributed by atoms with van der Waals surface area (Å²) in [5, 5.41) is 8.84. The first-order valence-corrected chi connectivity index (χ1v) is 9.71. The van der Waals surface area contributed by atoms with Crippen LogP contribution in [0.25, 0.3) is 0 Å². The van der Waals surface area contributed by atoms with Gasteiger partial charge in [-0.3, -0.25) is 0 Å². The van der Waals surface area contributed by atoms with E-state index in [1.807, 2.05) is 19.9 Å². The summed E-state index contributed by atoms with van der Waals surface area (Å²) in [5.41, 5.74) is 1.33. The molecule has 0 aliphatic heterocycles. The number of rotatable bonds is 8. The molecule has 0 saturated carbocycles. The molecule has 2 aromatic carbocycles. The first-order valence-electron chi connectivity index (χ1n) is 8.27. The fourth-order valence-electron chi connectivity index (χ4n) is 2.40. The van der Waals surface area contributed by atoms with Crippen molar-refractivity contribution in [2.24, 2.45) is 0 Å².